The largest absolute Gasteiger partial charge is 0.262 e. The van der Waals surface area contributed by atoms with Crippen LogP contribution in [0.25, 0.3) is 0 Å². The highest BCUT2D eigenvalue weighted by Gasteiger charge is 2.22. The van der Waals surface area contributed by atoms with Crippen molar-refractivity contribution in [3.05, 3.63) is 35.6 Å². The minimum atomic E-state index is -3.61. The third-order valence-corrected chi connectivity index (χ3v) is 4.26. The van der Waals surface area contributed by atoms with Gasteiger partial charge in [0.15, 0.2) is 0 Å². The fraction of sp³-hybridized carbons (Fsp3) is 0.222. The lowest BCUT2D eigenvalue weighted by atomic mass is 10.5. The second-order valence-corrected chi connectivity index (χ2v) is 5.94. The number of hydrogen-bond donors (Lipinski definition) is 1. The molecule has 1 N–H and O–H groups in total. The summed E-state index contributed by atoms with van der Waals surface area (Å²) in [5.74, 6) is 0.461. The predicted octanol–water partition coefficient (Wildman–Crippen LogP) is 0.674. The van der Waals surface area contributed by atoms with Crippen molar-refractivity contribution in [3.63, 3.8) is 0 Å². The Morgan fingerprint density at radius 2 is 2.17 bits per heavy atom. The lowest BCUT2D eigenvalue weighted by Gasteiger charge is -2.15. The standard InChI is InChI=1S/C9H10ClN5O2S/c1-15(5-9-12-6-13-14-9)18(16,17)7-2-3-8(10)11-4-7/h2-4,6H,5H2,1H3,(H,12,13,14). The number of pyridine rings is 1. The molecule has 0 radical (unpaired) electrons. The molecule has 0 saturated heterocycles. The van der Waals surface area contributed by atoms with Gasteiger partial charge in [-0.3, -0.25) is 5.10 Å². The molecule has 2 heterocycles. The SMILES string of the molecule is CN(Cc1ncn[nH]1)S(=O)(=O)c1ccc(Cl)nc1. The smallest absolute Gasteiger partial charge is 0.244 e. The Hall–Kier alpha value is -1.51. The molecule has 0 unspecified atom stereocenters. The third kappa shape index (κ3) is 2.66. The van der Waals surface area contributed by atoms with Gasteiger partial charge in [-0.2, -0.15) is 9.40 Å². The molecule has 0 amide bonds. The number of hydrogen-bond acceptors (Lipinski definition) is 5. The maximum Gasteiger partial charge on any atom is 0.244 e. The van der Waals surface area contributed by atoms with Crippen molar-refractivity contribution < 1.29 is 8.42 Å². The topological polar surface area (TPSA) is 91.8 Å². The molecule has 7 nitrogen and oxygen atoms in total. The molecule has 0 aromatic carbocycles. The Labute approximate surface area is 109 Å². The van der Waals surface area contributed by atoms with Gasteiger partial charge in [0.2, 0.25) is 10.0 Å². The Morgan fingerprint density at radius 3 is 2.72 bits per heavy atom. The fourth-order valence-electron chi connectivity index (χ4n) is 1.30. The van der Waals surface area contributed by atoms with Gasteiger partial charge >= 0.3 is 0 Å². The summed E-state index contributed by atoms with van der Waals surface area (Å²) in [4.78, 5) is 7.69. The zero-order chi connectivity index (χ0) is 13.2. The van der Waals surface area contributed by atoms with E-state index in [0.717, 1.165) is 4.31 Å². The molecule has 0 aliphatic heterocycles. The molecule has 0 spiro atoms. The molecule has 0 saturated carbocycles. The molecule has 2 aromatic rings. The maximum absolute atomic E-state index is 12.2. The highest BCUT2D eigenvalue weighted by atomic mass is 35.5. The number of nitrogens with one attached hydrogen (secondary N) is 1. The summed E-state index contributed by atoms with van der Waals surface area (Å²) in [5.41, 5.74) is 0. The zero-order valence-electron chi connectivity index (χ0n) is 9.41. The second kappa shape index (κ2) is 5.01. The van der Waals surface area contributed by atoms with Crippen LogP contribution in [0.3, 0.4) is 0 Å². The van der Waals surface area contributed by atoms with Crippen molar-refractivity contribution in [1.29, 1.82) is 0 Å². The zero-order valence-corrected chi connectivity index (χ0v) is 11.0. The first-order valence-electron chi connectivity index (χ1n) is 4.92. The van der Waals surface area contributed by atoms with Crippen LogP contribution in [0.15, 0.2) is 29.6 Å². The molecular weight excluding hydrogens is 278 g/mol. The number of H-pyrrole nitrogens is 1. The van der Waals surface area contributed by atoms with Crippen LogP contribution in [0.1, 0.15) is 5.82 Å². The van der Waals surface area contributed by atoms with Gasteiger partial charge in [0.25, 0.3) is 0 Å². The Bertz CT molecular complexity index is 611. The monoisotopic (exact) mass is 287 g/mol. The number of nitrogens with zero attached hydrogens (tertiary/aromatic N) is 4. The van der Waals surface area contributed by atoms with Crippen LogP contribution >= 0.6 is 11.6 Å². The molecule has 9 heteroatoms. The first-order chi connectivity index (χ1) is 8.50. The summed E-state index contributed by atoms with van der Waals surface area (Å²) >= 11 is 5.61. The van der Waals surface area contributed by atoms with Crippen LogP contribution in [0, 0.1) is 0 Å². The van der Waals surface area contributed by atoms with Crippen molar-refractivity contribution >= 4 is 21.6 Å². The van der Waals surface area contributed by atoms with Gasteiger partial charge in [-0.05, 0) is 12.1 Å². The summed E-state index contributed by atoms with van der Waals surface area (Å²) in [6, 6.07) is 2.83. The summed E-state index contributed by atoms with van der Waals surface area (Å²) in [5, 5.41) is 6.49. The van der Waals surface area contributed by atoms with Crippen molar-refractivity contribution in [2.24, 2.45) is 0 Å². The van der Waals surface area contributed by atoms with E-state index in [9.17, 15) is 8.42 Å². The number of aromatic nitrogens is 4. The Balaban J connectivity index is 2.22. The molecule has 2 rings (SSSR count). The molecule has 0 fully saturated rings. The lowest BCUT2D eigenvalue weighted by molar-refractivity contribution is 0.457. The number of sulfonamides is 1. The average molecular weight is 288 g/mol. The maximum atomic E-state index is 12.2. The van der Waals surface area contributed by atoms with Crippen molar-refractivity contribution in [3.8, 4) is 0 Å². The van der Waals surface area contributed by atoms with E-state index in [4.69, 9.17) is 11.6 Å². The van der Waals surface area contributed by atoms with Crippen LogP contribution in [0.5, 0.6) is 0 Å². The molecular formula is C9H10ClN5O2S. The molecule has 2 aromatic heterocycles. The molecule has 0 aliphatic carbocycles. The highest BCUT2D eigenvalue weighted by molar-refractivity contribution is 7.89. The highest BCUT2D eigenvalue weighted by Crippen LogP contribution is 2.16. The van der Waals surface area contributed by atoms with Crippen LogP contribution in [0.2, 0.25) is 5.15 Å². The van der Waals surface area contributed by atoms with E-state index in [1.54, 1.807) is 0 Å². The van der Waals surface area contributed by atoms with E-state index in [2.05, 4.69) is 20.2 Å². The summed E-state index contributed by atoms with van der Waals surface area (Å²) < 4.78 is 25.5. The van der Waals surface area contributed by atoms with E-state index < -0.39 is 10.0 Å². The van der Waals surface area contributed by atoms with Crippen LogP contribution in [-0.2, 0) is 16.6 Å². The van der Waals surface area contributed by atoms with E-state index >= 15 is 0 Å². The Morgan fingerprint density at radius 1 is 1.39 bits per heavy atom. The van der Waals surface area contributed by atoms with E-state index in [-0.39, 0.29) is 16.6 Å². The van der Waals surface area contributed by atoms with Gasteiger partial charge in [-0.1, -0.05) is 11.6 Å². The fourth-order valence-corrected chi connectivity index (χ4v) is 2.49. The first-order valence-corrected chi connectivity index (χ1v) is 6.74. The normalized spacial score (nSPS) is 11.9. The van der Waals surface area contributed by atoms with Gasteiger partial charge in [-0.25, -0.2) is 18.4 Å². The van der Waals surface area contributed by atoms with Crippen molar-refractivity contribution in [2.45, 2.75) is 11.4 Å². The van der Waals surface area contributed by atoms with E-state index in [0.29, 0.717) is 5.82 Å². The van der Waals surface area contributed by atoms with Gasteiger partial charge < -0.3 is 0 Å². The van der Waals surface area contributed by atoms with Gasteiger partial charge in [0.1, 0.15) is 22.2 Å². The molecule has 0 bridgehead atoms. The van der Waals surface area contributed by atoms with E-state index in [1.807, 2.05) is 0 Å². The van der Waals surface area contributed by atoms with Crippen LogP contribution in [0.4, 0.5) is 0 Å². The molecule has 0 aliphatic rings. The van der Waals surface area contributed by atoms with Crippen LogP contribution in [-0.4, -0.2) is 39.9 Å². The van der Waals surface area contributed by atoms with Gasteiger partial charge in [0, 0.05) is 13.2 Å². The minimum Gasteiger partial charge on any atom is -0.262 e. The average Bonchev–Trinajstić information content (AvgIpc) is 2.82. The van der Waals surface area contributed by atoms with Gasteiger partial charge in [0.05, 0.1) is 6.54 Å². The second-order valence-electron chi connectivity index (χ2n) is 3.51. The van der Waals surface area contributed by atoms with Crippen LogP contribution < -0.4 is 0 Å². The minimum absolute atomic E-state index is 0.0777. The number of rotatable bonds is 4. The van der Waals surface area contributed by atoms with Gasteiger partial charge in [-0.15, -0.1) is 0 Å². The van der Waals surface area contributed by atoms with Crippen molar-refractivity contribution in [1.82, 2.24) is 24.5 Å². The number of halogens is 1. The summed E-state index contributed by atoms with van der Waals surface area (Å²) in [6.45, 7) is 0.102. The van der Waals surface area contributed by atoms with E-state index in [1.165, 1.54) is 31.7 Å². The third-order valence-electron chi connectivity index (χ3n) is 2.25. The molecule has 18 heavy (non-hydrogen) atoms. The molecule has 96 valence electrons. The molecule has 0 atom stereocenters. The summed E-state index contributed by atoms with van der Waals surface area (Å²) in [6.07, 6.45) is 2.54. The predicted molar refractivity (Wildman–Crippen MR) is 64.3 cm³/mol. The first kappa shape index (κ1) is 12.9. The Kier molecular flexibility index (Phi) is 3.60. The van der Waals surface area contributed by atoms with Crippen molar-refractivity contribution in [2.75, 3.05) is 7.05 Å². The lowest BCUT2D eigenvalue weighted by Crippen LogP contribution is -2.27. The number of aromatic amines is 1. The summed E-state index contributed by atoms with van der Waals surface area (Å²) in [7, 11) is -2.16. The quantitative estimate of drug-likeness (QED) is 0.835.